The van der Waals surface area contributed by atoms with Gasteiger partial charge in [0.1, 0.15) is 0 Å². The molecule has 5 nitrogen and oxygen atoms in total. The first kappa shape index (κ1) is 13.3. The van der Waals surface area contributed by atoms with Crippen molar-refractivity contribution in [1.82, 2.24) is 15.0 Å². The van der Waals surface area contributed by atoms with Gasteiger partial charge in [0, 0.05) is 31.2 Å². The van der Waals surface area contributed by atoms with Crippen LogP contribution in [0.15, 0.2) is 36.8 Å². The molecule has 0 saturated carbocycles. The predicted octanol–water partition coefficient (Wildman–Crippen LogP) is 2.31. The third-order valence-electron chi connectivity index (χ3n) is 2.41. The average molecular weight is 258 g/mol. The monoisotopic (exact) mass is 258 g/mol. The predicted molar refractivity (Wildman–Crippen MR) is 74.2 cm³/mol. The Morgan fingerprint density at radius 2 is 2.16 bits per heavy atom. The summed E-state index contributed by atoms with van der Waals surface area (Å²) in [5.74, 6) is 1.18. The van der Waals surface area contributed by atoms with Crippen molar-refractivity contribution in [2.24, 2.45) is 0 Å². The van der Waals surface area contributed by atoms with E-state index < -0.39 is 0 Å². The van der Waals surface area contributed by atoms with Crippen LogP contribution in [0.25, 0.3) is 0 Å². The standard InChI is InChI=1S/C14H18N4O/c1-11(2)19-13-6-9-17-14(18-13)16-8-5-12-4-3-7-15-10-12/h3-4,6-7,9-11H,5,8H2,1-2H3,(H,16,17,18). The molecule has 0 aromatic carbocycles. The summed E-state index contributed by atoms with van der Waals surface area (Å²) in [7, 11) is 0. The molecule has 0 radical (unpaired) electrons. The summed E-state index contributed by atoms with van der Waals surface area (Å²) in [6.07, 6.45) is 6.31. The van der Waals surface area contributed by atoms with E-state index in [0.717, 1.165) is 13.0 Å². The third-order valence-corrected chi connectivity index (χ3v) is 2.41. The fourth-order valence-corrected chi connectivity index (χ4v) is 1.60. The fourth-order valence-electron chi connectivity index (χ4n) is 1.60. The van der Waals surface area contributed by atoms with E-state index in [0.29, 0.717) is 11.8 Å². The van der Waals surface area contributed by atoms with Gasteiger partial charge in [-0.25, -0.2) is 4.98 Å². The highest BCUT2D eigenvalue weighted by molar-refractivity contribution is 5.27. The van der Waals surface area contributed by atoms with Gasteiger partial charge in [0.05, 0.1) is 6.10 Å². The summed E-state index contributed by atoms with van der Waals surface area (Å²) in [6, 6.07) is 5.74. The Morgan fingerprint density at radius 1 is 1.26 bits per heavy atom. The molecule has 0 aliphatic carbocycles. The summed E-state index contributed by atoms with van der Waals surface area (Å²) in [5.41, 5.74) is 1.18. The number of rotatable bonds is 6. The lowest BCUT2D eigenvalue weighted by atomic mass is 10.2. The van der Waals surface area contributed by atoms with Crippen molar-refractivity contribution in [2.75, 3.05) is 11.9 Å². The molecule has 0 bridgehead atoms. The Labute approximate surface area is 113 Å². The number of ether oxygens (including phenoxy) is 1. The quantitative estimate of drug-likeness (QED) is 0.861. The molecule has 1 N–H and O–H groups in total. The van der Waals surface area contributed by atoms with Gasteiger partial charge in [-0.05, 0) is 31.9 Å². The first-order valence-corrected chi connectivity index (χ1v) is 6.36. The lowest BCUT2D eigenvalue weighted by Gasteiger charge is -2.10. The number of nitrogens with zero attached hydrogens (tertiary/aromatic N) is 3. The maximum atomic E-state index is 5.52. The van der Waals surface area contributed by atoms with Gasteiger partial charge in [0.2, 0.25) is 11.8 Å². The molecular weight excluding hydrogens is 240 g/mol. The SMILES string of the molecule is CC(C)Oc1ccnc(NCCc2cccnc2)n1. The molecule has 2 aromatic heterocycles. The van der Waals surface area contributed by atoms with Crippen molar-refractivity contribution in [2.45, 2.75) is 26.4 Å². The largest absolute Gasteiger partial charge is 0.475 e. The van der Waals surface area contributed by atoms with Crippen LogP contribution >= 0.6 is 0 Å². The molecule has 0 fully saturated rings. The molecule has 2 heterocycles. The van der Waals surface area contributed by atoms with Crippen molar-refractivity contribution in [3.8, 4) is 5.88 Å². The highest BCUT2D eigenvalue weighted by atomic mass is 16.5. The molecule has 0 atom stereocenters. The van der Waals surface area contributed by atoms with Crippen LogP contribution in [0.3, 0.4) is 0 Å². The van der Waals surface area contributed by atoms with E-state index in [2.05, 4.69) is 20.3 Å². The highest BCUT2D eigenvalue weighted by Gasteiger charge is 2.02. The summed E-state index contributed by atoms with van der Waals surface area (Å²) in [4.78, 5) is 12.5. The fraction of sp³-hybridized carbons (Fsp3) is 0.357. The van der Waals surface area contributed by atoms with Crippen molar-refractivity contribution in [3.05, 3.63) is 42.4 Å². The van der Waals surface area contributed by atoms with Crippen LogP contribution < -0.4 is 10.1 Å². The van der Waals surface area contributed by atoms with Gasteiger partial charge >= 0.3 is 0 Å². The zero-order chi connectivity index (χ0) is 13.5. The Bertz CT molecular complexity index is 502. The maximum Gasteiger partial charge on any atom is 0.225 e. The number of hydrogen-bond acceptors (Lipinski definition) is 5. The van der Waals surface area contributed by atoms with Crippen molar-refractivity contribution >= 4 is 5.95 Å². The molecule has 100 valence electrons. The first-order valence-electron chi connectivity index (χ1n) is 6.36. The molecule has 2 aromatic rings. The second-order valence-corrected chi connectivity index (χ2v) is 4.42. The van der Waals surface area contributed by atoms with E-state index in [1.165, 1.54) is 5.56 Å². The summed E-state index contributed by atoms with van der Waals surface area (Å²) >= 11 is 0. The maximum absolute atomic E-state index is 5.52. The molecule has 0 unspecified atom stereocenters. The summed E-state index contributed by atoms with van der Waals surface area (Å²) in [5, 5.41) is 3.18. The van der Waals surface area contributed by atoms with Crippen LogP contribution in [-0.2, 0) is 6.42 Å². The summed E-state index contributed by atoms with van der Waals surface area (Å²) < 4.78 is 5.52. The van der Waals surface area contributed by atoms with Crippen molar-refractivity contribution in [1.29, 1.82) is 0 Å². The van der Waals surface area contributed by atoms with E-state index >= 15 is 0 Å². The third kappa shape index (κ3) is 4.54. The second-order valence-electron chi connectivity index (χ2n) is 4.42. The van der Waals surface area contributed by atoms with Gasteiger partial charge in [0.15, 0.2) is 0 Å². The van der Waals surface area contributed by atoms with Crippen molar-refractivity contribution < 1.29 is 4.74 Å². The Balaban J connectivity index is 1.86. The van der Waals surface area contributed by atoms with Crippen molar-refractivity contribution in [3.63, 3.8) is 0 Å². The molecule has 5 heteroatoms. The van der Waals surface area contributed by atoms with Crippen LogP contribution in [0, 0.1) is 0 Å². The van der Waals surface area contributed by atoms with Gasteiger partial charge in [-0.2, -0.15) is 4.98 Å². The topological polar surface area (TPSA) is 59.9 Å². The van der Waals surface area contributed by atoms with E-state index in [1.54, 1.807) is 18.5 Å². The zero-order valence-corrected chi connectivity index (χ0v) is 11.2. The Kier molecular flexibility index (Phi) is 4.66. The van der Waals surface area contributed by atoms with Gasteiger partial charge < -0.3 is 10.1 Å². The molecular formula is C14H18N4O. The van der Waals surface area contributed by atoms with Gasteiger partial charge in [-0.1, -0.05) is 6.07 Å². The highest BCUT2D eigenvalue weighted by Crippen LogP contribution is 2.10. The Hall–Kier alpha value is -2.17. The van der Waals surface area contributed by atoms with Gasteiger partial charge in [-0.15, -0.1) is 0 Å². The lowest BCUT2D eigenvalue weighted by Crippen LogP contribution is -2.11. The number of nitrogens with one attached hydrogen (secondary N) is 1. The van der Waals surface area contributed by atoms with Crippen LogP contribution in [0.5, 0.6) is 5.88 Å². The minimum Gasteiger partial charge on any atom is -0.475 e. The van der Waals surface area contributed by atoms with E-state index in [-0.39, 0.29) is 6.10 Å². The number of pyridine rings is 1. The normalized spacial score (nSPS) is 10.5. The van der Waals surface area contributed by atoms with E-state index in [4.69, 9.17) is 4.74 Å². The second kappa shape index (κ2) is 6.68. The number of anilines is 1. The zero-order valence-electron chi connectivity index (χ0n) is 11.2. The number of aromatic nitrogens is 3. The lowest BCUT2D eigenvalue weighted by molar-refractivity contribution is 0.232. The Morgan fingerprint density at radius 3 is 2.89 bits per heavy atom. The average Bonchev–Trinajstić information content (AvgIpc) is 2.40. The van der Waals surface area contributed by atoms with Crippen LogP contribution in [-0.4, -0.2) is 27.6 Å². The molecule has 0 amide bonds. The minimum atomic E-state index is 0.109. The number of hydrogen-bond donors (Lipinski definition) is 1. The smallest absolute Gasteiger partial charge is 0.225 e. The molecule has 0 aliphatic rings. The molecule has 19 heavy (non-hydrogen) atoms. The minimum absolute atomic E-state index is 0.109. The molecule has 2 rings (SSSR count). The summed E-state index contributed by atoms with van der Waals surface area (Å²) in [6.45, 7) is 4.70. The van der Waals surface area contributed by atoms with Crippen LogP contribution in [0.2, 0.25) is 0 Å². The first-order chi connectivity index (χ1) is 9.24. The molecule has 0 spiro atoms. The van der Waals surface area contributed by atoms with Crippen LogP contribution in [0.4, 0.5) is 5.95 Å². The molecule has 0 saturated heterocycles. The van der Waals surface area contributed by atoms with Crippen LogP contribution in [0.1, 0.15) is 19.4 Å². The van der Waals surface area contributed by atoms with Gasteiger partial charge in [-0.3, -0.25) is 4.98 Å². The van der Waals surface area contributed by atoms with Gasteiger partial charge in [0.25, 0.3) is 0 Å². The van der Waals surface area contributed by atoms with E-state index in [9.17, 15) is 0 Å². The van der Waals surface area contributed by atoms with E-state index in [1.807, 2.05) is 32.2 Å². The molecule has 0 aliphatic heterocycles.